The molecule has 3 heterocycles. The lowest BCUT2D eigenvalue weighted by Crippen LogP contribution is -2.31. The van der Waals surface area contributed by atoms with Crippen LogP contribution in [-0.2, 0) is 34.2 Å². The van der Waals surface area contributed by atoms with E-state index in [9.17, 15) is 18.8 Å². The number of fused-ring (bicyclic) bond motifs is 6. The number of halogens is 2. The van der Waals surface area contributed by atoms with Gasteiger partial charge in [-0.1, -0.05) is 11.6 Å². The van der Waals surface area contributed by atoms with E-state index in [1.54, 1.807) is 60.3 Å². The van der Waals surface area contributed by atoms with E-state index in [1.165, 1.54) is 36.7 Å². The number of nitrogens with two attached hydrogens (primary N) is 2. The summed E-state index contributed by atoms with van der Waals surface area (Å²) < 4.78 is 21.2. The highest BCUT2D eigenvalue weighted by atomic mass is 35.5. The molecule has 2 aromatic heterocycles. The number of hydrazone groups is 1. The van der Waals surface area contributed by atoms with E-state index < -0.39 is 23.9 Å². The summed E-state index contributed by atoms with van der Waals surface area (Å²) in [5.41, 5.74) is 3.36. The number of methoxy groups -OCH3 is 1. The summed E-state index contributed by atoms with van der Waals surface area (Å²) in [7, 11) is 3.00. The fraction of sp³-hybridized carbons (Fsp3) is 0.188. The molecule has 5 rings (SSSR count). The quantitative estimate of drug-likeness (QED) is 0.0660. The van der Waals surface area contributed by atoms with Crippen molar-refractivity contribution >= 4 is 59.0 Å². The Morgan fingerprint density at radius 1 is 1.19 bits per heavy atom. The Hall–Kier alpha value is -5.80. The topological polar surface area (TPSA) is 195 Å². The Morgan fingerprint density at radius 2 is 2.00 bits per heavy atom. The van der Waals surface area contributed by atoms with Crippen molar-refractivity contribution in [1.29, 1.82) is 0 Å². The smallest absolute Gasteiger partial charge is 0.411 e. The van der Waals surface area contributed by atoms with Gasteiger partial charge in [0.25, 0.3) is 0 Å². The molecule has 14 nitrogen and oxygen atoms in total. The van der Waals surface area contributed by atoms with E-state index in [1.807, 2.05) is 0 Å². The molecule has 2 aromatic carbocycles. The van der Waals surface area contributed by atoms with Crippen molar-refractivity contribution < 1.29 is 23.5 Å². The van der Waals surface area contributed by atoms with Crippen molar-refractivity contribution in [3.8, 4) is 11.3 Å². The standard InChI is InChI=1S/C32H32ClFN10O4/c1-43-16-27-22-7-5-21(39-32(47)48-2)14-25(22)40-30(46)12-9-24-23(34)8-6-20(38-24)15-26(31(43)42-27)41-29(45)11-3-18-13-19(33)4-10-28(18)44(36)17-37-35/h3-8,10-11,13-14,16-17,26H,9,12,15,35-36H2,1-2H3,(H,39,47)(H,40,46)(H,41,45)/b11-3+,37-17-. The summed E-state index contributed by atoms with van der Waals surface area (Å²) in [4.78, 5) is 47.6. The predicted octanol–water partition coefficient (Wildman–Crippen LogP) is 4.03. The molecule has 4 aromatic rings. The van der Waals surface area contributed by atoms with Crippen LogP contribution in [0.4, 0.5) is 26.2 Å². The number of hydrogen-bond acceptors (Lipinski definition) is 9. The van der Waals surface area contributed by atoms with Gasteiger partial charge in [-0.05, 0) is 54.6 Å². The van der Waals surface area contributed by atoms with Crippen LogP contribution in [0, 0.1) is 5.82 Å². The molecule has 16 heteroatoms. The molecule has 1 aliphatic heterocycles. The third kappa shape index (κ3) is 7.94. The van der Waals surface area contributed by atoms with Crippen LogP contribution >= 0.6 is 11.6 Å². The lowest BCUT2D eigenvalue weighted by atomic mass is 10.1. The molecular weight excluding hydrogens is 643 g/mol. The third-order valence-corrected chi connectivity index (χ3v) is 7.63. The van der Waals surface area contributed by atoms with Crippen LogP contribution < -0.4 is 32.6 Å². The summed E-state index contributed by atoms with van der Waals surface area (Å²) in [5, 5.41) is 13.4. The van der Waals surface area contributed by atoms with E-state index in [2.05, 4.69) is 30.8 Å². The number of nitrogens with zero attached hydrogens (tertiary/aromatic N) is 5. The Labute approximate surface area is 279 Å². The monoisotopic (exact) mass is 674 g/mol. The summed E-state index contributed by atoms with van der Waals surface area (Å²) in [6.45, 7) is 0. The average Bonchev–Trinajstić information content (AvgIpc) is 3.44. The maximum absolute atomic E-state index is 14.8. The largest absolute Gasteiger partial charge is 0.453 e. The molecule has 1 aliphatic rings. The zero-order chi connectivity index (χ0) is 34.4. The lowest BCUT2D eigenvalue weighted by Gasteiger charge is -2.19. The fourth-order valence-corrected chi connectivity index (χ4v) is 5.32. The Kier molecular flexibility index (Phi) is 10.3. The number of aromatic nitrogens is 3. The second-order valence-corrected chi connectivity index (χ2v) is 11.2. The van der Waals surface area contributed by atoms with Gasteiger partial charge in [0.05, 0.1) is 35.9 Å². The van der Waals surface area contributed by atoms with Gasteiger partial charge in [-0.2, -0.15) is 5.10 Å². The zero-order valence-electron chi connectivity index (χ0n) is 25.9. The van der Waals surface area contributed by atoms with Crippen LogP contribution in [-0.4, -0.2) is 45.9 Å². The van der Waals surface area contributed by atoms with Crippen molar-refractivity contribution in [2.24, 2.45) is 23.8 Å². The number of carbonyl (C=O) groups excluding carboxylic acids is 3. The number of imidazole rings is 1. The number of pyridine rings is 1. The van der Waals surface area contributed by atoms with Gasteiger partial charge < -0.3 is 25.8 Å². The van der Waals surface area contributed by atoms with Gasteiger partial charge >= 0.3 is 6.09 Å². The molecule has 0 spiro atoms. The minimum absolute atomic E-state index is 0.0270. The lowest BCUT2D eigenvalue weighted by molar-refractivity contribution is -0.117. The molecule has 248 valence electrons. The maximum atomic E-state index is 14.8. The van der Waals surface area contributed by atoms with Crippen LogP contribution in [0.5, 0.6) is 0 Å². The van der Waals surface area contributed by atoms with Crippen molar-refractivity contribution in [3.05, 3.63) is 94.4 Å². The molecule has 0 radical (unpaired) electrons. The van der Waals surface area contributed by atoms with Crippen LogP contribution in [0.2, 0.25) is 5.02 Å². The number of nitrogens with one attached hydrogen (secondary N) is 3. The molecule has 7 N–H and O–H groups in total. The van der Waals surface area contributed by atoms with E-state index in [0.29, 0.717) is 50.4 Å². The molecular formula is C32H32ClFN10O4. The molecule has 3 amide bonds. The first-order valence-corrected chi connectivity index (χ1v) is 14.9. The molecule has 1 atom stereocenters. The summed E-state index contributed by atoms with van der Waals surface area (Å²) >= 11 is 6.20. The summed E-state index contributed by atoms with van der Waals surface area (Å²) in [5.74, 6) is 10.3. The van der Waals surface area contributed by atoms with Crippen LogP contribution in [0.15, 0.2) is 65.9 Å². The summed E-state index contributed by atoms with van der Waals surface area (Å²) in [6.07, 6.45) is 5.25. The van der Waals surface area contributed by atoms with Crippen LogP contribution in [0.3, 0.4) is 0 Å². The van der Waals surface area contributed by atoms with E-state index in [0.717, 1.165) is 0 Å². The van der Waals surface area contributed by atoms with Gasteiger partial charge in [0, 0.05) is 66.1 Å². The molecule has 0 saturated carbocycles. The molecule has 0 saturated heterocycles. The molecule has 48 heavy (non-hydrogen) atoms. The van der Waals surface area contributed by atoms with Crippen molar-refractivity contribution in [2.75, 3.05) is 22.8 Å². The predicted molar refractivity (Wildman–Crippen MR) is 180 cm³/mol. The first kappa shape index (κ1) is 33.6. The average molecular weight is 675 g/mol. The Morgan fingerprint density at radius 3 is 2.77 bits per heavy atom. The van der Waals surface area contributed by atoms with Crippen molar-refractivity contribution in [1.82, 2.24) is 19.9 Å². The van der Waals surface area contributed by atoms with Crippen molar-refractivity contribution in [3.63, 3.8) is 0 Å². The highest BCUT2D eigenvalue weighted by Crippen LogP contribution is 2.32. The number of hydrogen-bond donors (Lipinski definition) is 5. The second kappa shape index (κ2) is 14.7. The third-order valence-electron chi connectivity index (χ3n) is 7.39. The highest BCUT2D eigenvalue weighted by Gasteiger charge is 2.24. The Bertz CT molecular complexity index is 1930. The van der Waals surface area contributed by atoms with E-state index in [4.69, 9.17) is 28.3 Å². The zero-order valence-corrected chi connectivity index (χ0v) is 26.7. The maximum Gasteiger partial charge on any atom is 0.411 e. The first-order valence-electron chi connectivity index (χ1n) is 14.6. The van der Waals surface area contributed by atoms with Gasteiger partial charge in [-0.25, -0.2) is 20.0 Å². The number of carbonyl (C=O) groups is 3. The normalized spacial score (nSPS) is 14.6. The fourth-order valence-electron chi connectivity index (χ4n) is 5.14. The van der Waals surface area contributed by atoms with Gasteiger partial charge in [-0.15, -0.1) is 0 Å². The van der Waals surface area contributed by atoms with Gasteiger partial charge in [0.15, 0.2) is 0 Å². The molecule has 4 bridgehead atoms. The molecule has 1 unspecified atom stereocenters. The molecule has 0 fully saturated rings. The SMILES string of the molecule is COC(=O)Nc1ccc2c(c1)NC(=O)CCc1nc(ccc1F)CC(NC(=O)/C=C/c1cc(Cl)ccc1N(N)/C=N\N)c1nc-2cn1C. The molecule has 0 aliphatic carbocycles. The van der Waals surface area contributed by atoms with Gasteiger partial charge in [-0.3, -0.25) is 24.9 Å². The summed E-state index contributed by atoms with van der Waals surface area (Å²) in [6, 6.07) is 11.9. The van der Waals surface area contributed by atoms with Crippen LogP contribution in [0.25, 0.3) is 17.3 Å². The number of aryl methyl sites for hydroxylation is 2. The number of anilines is 3. The minimum atomic E-state index is -0.720. The minimum Gasteiger partial charge on any atom is -0.453 e. The Balaban J connectivity index is 1.54. The number of benzene rings is 2. The second-order valence-electron chi connectivity index (χ2n) is 10.7. The number of ether oxygens (including phenoxy) is 1. The number of amides is 3. The number of hydrazine groups is 1. The van der Waals surface area contributed by atoms with Crippen molar-refractivity contribution in [2.45, 2.75) is 25.3 Å². The first-order chi connectivity index (χ1) is 23.0. The van der Waals surface area contributed by atoms with Gasteiger partial charge in [0.2, 0.25) is 11.8 Å². The van der Waals surface area contributed by atoms with E-state index >= 15 is 0 Å². The van der Waals surface area contributed by atoms with Gasteiger partial charge in [0.1, 0.15) is 18.0 Å². The van der Waals surface area contributed by atoms with Crippen LogP contribution in [0.1, 0.15) is 35.2 Å². The van der Waals surface area contributed by atoms with E-state index in [-0.39, 0.29) is 30.9 Å². The number of rotatable bonds is 6. The highest BCUT2D eigenvalue weighted by molar-refractivity contribution is 6.30.